The van der Waals surface area contributed by atoms with E-state index in [0.717, 1.165) is 25.7 Å². The summed E-state index contributed by atoms with van der Waals surface area (Å²) >= 11 is 0. The molecule has 2 unspecified atom stereocenters. The first-order valence-electron chi connectivity index (χ1n) is 18.9. The first kappa shape index (κ1) is 30.9. The molecule has 2 heteroatoms. The van der Waals surface area contributed by atoms with Crippen LogP contribution < -0.4 is 15.8 Å². The molecule has 0 amide bonds. The minimum atomic E-state index is 0.290. The van der Waals surface area contributed by atoms with Gasteiger partial charge in [0.15, 0.2) is 0 Å². The molecule has 0 aromatic heterocycles. The monoisotopic (exact) mass is 665 g/mol. The van der Waals surface area contributed by atoms with Crippen molar-refractivity contribution in [2.24, 2.45) is 5.92 Å². The highest BCUT2D eigenvalue weighted by molar-refractivity contribution is 6.95. The number of allylic oxidation sites excluding steroid dienone is 10. The molecule has 5 aliphatic rings. The van der Waals surface area contributed by atoms with Crippen LogP contribution in [-0.4, -0.2) is 12.8 Å². The predicted molar refractivity (Wildman–Crippen MR) is 223 cm³/mol. The first-order valence-corrected chi connectivity index (χ1v) is 18.9. The molecule has 248 valence electrons. The van der Waals surface area contributed by atoms with Crippen LogP contribution in [0.3, 0.4) is 0 Å². The second-order valence-electron chi connectivity index (χ2n) is 14.6. The van der Waals surface area contributed by atoms with Crippen LogP contribution in [0, 0.1) is 5.92 Å². The molecule has 5 aromatic carbocycles. The van der Waals surface area contributed by atoms with Gasteiger partial charge in [-0.05, 0) is 100 Å². The van der Waals surface area contributed by atoms with Crippen molar-refractivity contribution in [2.45, 2.75) is 31.7 Å². The van der Waals surface area contributed by atoms with Gasteiger partial charge in [0.25, 0.3) is 0 Å². The van der Waals surface area contributed by atoms with Crippen molar-refractivity contribution in [3.63, 3.8) is 0 Å². The summed E-state index contributed by atoms with van der Waals surface area (Å²) in [5.41, 5.74) is 18.9. The van der Waals surface area contributed by atoms with E-state index in [4.69, 9.17) is 0 Å². The fourth-order valence-electron chi connectivity index (χ4n) is 9.03. The molecule has 2 heterocycles. The highest BCUT2D eigenvalue weighted by Gasteiger charge is 2.38. The zero-order valence-corrected chi connectivity index (χ0v) is 29.3. The maximum atomic E-state index is 2.59. The summed E-state index contributed by atoms with van der Waals surface area (Å²) in [6, 6.07) is 47.2. The average Bonchev–Trinajstić information content (AvgIpc) is 3.73. The summed E-state index contributed by atoms with van der Waals surface area (Å²) in [6.45, 7) is 0.339. The lowest BCUT2D eigenvalue weighted by atomic mass is 9.38. The lowest BCUT2D eigenvalue weighted by Gasteiger charge is -2.32. The standard InChI is InChI=1S/C50H40BN/c1-3-11-37(12-4-1)39-25-31-49-45(33-39)46-34-40(38-13-5-2-6-14-38)26-32-50(46)52(49)42-29-23-36(24-30-42)20-19-35-21-27-41(28-22-35)51-47-17-9-7-15-43(47)44-16-8-10-18-48(44)51/h1-7,9,11-23,25-31,33-34,36,50H,8,10,24,32H2. The van der Waals surface area contributed by atoms with Crippen molar-refractivity contribution in [2.75, 3.05) is 4.90 Å². The molecule has 52 heavy (non-hydrogen) atoms. The molecule has 0 spiro atoms. The van der Waals surface area contributed by atoms with Crippen LogP contribution in [0.5, 0.6) is 0 Å². The fraction of sp³-hybridized carbons (Fsp3) is 0.120. The summed E-state index contributed by atoms with van der Waals surface area (Å²) in [5, 5.41) is 0. The average molecular weight is 666 g/mol. The van der Waals surface area contributed by atoms with Gasteiger partial charge in [-0.1, -0.05) is 174 Å². The molecule has 0 saturated heterocycles. The van der Waals surface area contributed by atoms with Crippen molar-refractivity contribution in [3.05, 3.63) is 209 Å². The van der Waals surface area contributed by atoms with Crippen LogP contribution in [0.4, 0.5) is 5.69 Å². The van der Waals surface area contributed by atoms with Gasteiger partial charge in [-0.2, -0.15) is 0 Å². The third kappa shape index (κ3) is 5.42. The molecule has 0 radical (unpaired) electrons. The first-order chi connectivity index (χ1) is 25.8. The minimum Gasteiger partial charge on any atom is -0.333 e. The van der Waals surface area contributed by atoms with E-state index >= 15 is 0 Å². The molecular weight excluding hydrogens is 625 g/mol. The number of benzene rings is 5. The molecule has 1 nitrogen and oxygen atoms in total. The number of hydrogen-bond donors (Lipinski definition) is 0. The van der Waals surface area contributed by atoms with Crippen LogP contribution in [-0.2, 0) is 0 Å². The largest absolute Gasteiger partial charge is 0.333 e. The molecule has 2 atom stereocenters. The second kappa shape index (κ2) is 13.0. The third-order valence-electron chi connectivity index (χ3n) is 11.6. The second-order valence-corrected chi connectivity index (χ2v) is 14.6. The van der Waals surface area contributed by atoms with Gasteiger partial charge in [-0.15, -0.1) is 0 Å². The minimum absolute atomic E-state index is 0.290. The fourth-order valence-corrected chi connectivity index (χ4v) is 9.03. The number of rotatable bonds is 6. The van der Waals surface area contributed by atoms with Gasteiger partial charge in [0.2, 0.25) is 6.71 Å². The maximum Gasteiger partial charge on any atom is 0.242 e. The van der Waals surface area contributed by atoms with Gasteiger partial charge in [0.05, 0.1) is 6.04 Å². The summed E-state index contributed by atoms with van der Waals surface area (Å²) < 4.78 is 0. The van der Waals surface area contributed by atoms with Gasteiger partial charge in [-0.3, -0.25) is 0 Å². The molecule has 0 saturated carbocycles. The van der Waals surface area contributed by atoms with Crippen LogP contribution in [0.2, 0.25) is 0 Å². The molecule has 5 aromatic rings. The Balaban J connectivity index is 0.889. The Hall–Kier alpha value is -5.86. The Bertz CT molecular complexity index is 2400. The maximum absolute atomic E-state index is 2.59. The highest BCUT2D eigenvalue weighted by atomic mass is 15.2. The molecule has 0 fully saturated rings. The number of fused-ring (bicyclic) bond motifs is 6. The van der Waals surface area contributed by atoms with Crippen LogP contribution in [0.15, 0.2) is 187 Å². The van der Waals surface area contributed by atoms with Crippen molar-refractivity contribution < 1.29 is 0 Å². The molecular formula is C50H40BN. The Kier molecular flexibility index (Phi) is 7.75. The molecule has 10 rings (SSSR count). The smallest absolute Gasteiger partial charge is 0.242 e. The van der Waals surface area contributed by atoms with E-state index in [1.165, 1.54) is 77.9 Å². The predicted octanol–water partition coefficient (Wildman–Crippen LogP) is 10.9. The van der Waals surface area contributed by atoms with E-state index in [9.17, 15) is 0 Å². The normalized spacial score (nSPS) is 20.0. The van der Waals surface area contributed by atoms with Crippen molar-refractivity contribution in [1.29, 1.82) is 0 Å². The summed E-state index contributed by atoms with van der Waals surface area (Å²) in [7, 11) is 0. The van der Waals surface area contributed by atoms with Crippen LogP contribution in [0.1, 0.15) is 47.9 Å². The SMILES string of the molecule is C1=CC(C=Cc2ccc(B3C4=CCCC=C4c4ccccc43)cc2)CC=C1N1c2ccc(-c3ccccc3)cc2C2=CC(c3ccccc3)=CCC21. The van der Waals surface area contributed by atoms with Gasteiger partial charge < -0.3 is 4.90 Å². The summed E-state index contributed by atoms with van der Waals surface area (Å²) in [4.78, 5) is 2.59. The Labute approximate surface area is 308 Å². The topological polar surface area (TPSA) is 3.24 Å². The van der Waals surface area contributed by atoms with Crippen molar-refractivity contribution in [3.8, 4) is 11.1 Å². The Morgan fingerprint density at radius 3 is 2.21 bits per heavy atom. The number of nitrogens with zero attached hydrogens (tertiary/aromatic N) is 1. The lowest BCUT2D eigenvalue weighted by molar-refractivity contribution is 0.767. The van der Waals surface area contributed by atoms with Gasteiger partial charge in [-0.25, -0.2) is 0 Å². The quantitative estimate of drug-likeness (QED) is 0.163. The van der Waals surface area contributed by atoms with Gasteiger partial charge in [0, 0.05) is 16.9 Å². The van der Waals surface area contributed by atoms with E-state index < -0.39 is 0 Å². The number of hydrogen-bond acceptors (Lipinski definition) is 1. The van der Waals surface area contributed by atoms with E-state index in [1.54, 1.807) is 0 Å². The van der Waals surface area contributed by atoms with Crippen molar-refractivity contribution >= 4 is 46.1 Å². The molecule has 2 aliphatic heterocycles. The van der Waals surface area contributed by atoms with E-state index in [-0.39, 0.29) is 6.04 Å². The Morgan fingerprint density at radius 2 is 1.40 bits per heavy atom. The van der Waals surface area contributed by atoms with E-state index in [0.29, 0.717) is 12.6 Å². The van der Waals surface area contributed by atoms with Gasteiger partial charge >= 0.3 is 0 Å². The van der Waals surface area contributed by atoms with E-state index in [1.807, 2.05) is 0 Å². The zero-order valence-electron chi connectivity index (χ0n) is 29.3. The molecule has 3 aliphatic carbocycles. The molecule has 0 N–H and O–H groups in total. The zero-order chi connectivity index (χ0) is 34.4. The molecule has 0 bridgehead atoms. The van der Waals surface area contributed by atoms with Crippen molar-refractivity contribution in [1.82, 2.24) is 0 Å². The highest BCUT2D eigenvalue weighted by Crippen LogP contribution is 2.49. The third-order valence-corrected chi connectivity index (χ3v) is 11.6. The van der Waals surface area contributed by atoms with Gasteiger partial charge in [0.1, 0.15) is 0 Å². The van der Waals surface area contributed by atoms with E-state index in [2.05, 4.69) is 187 Å². The lowest BCUT2D eigenvalue weighted by Crippen LogP contribution is -2.41. The van der Waals surface area contributed by atoms with Crippen LogP contribution in [0.25, 0.3) is 33.9 Å². The number of anilines is 1. The summed E-state index contributed by atoms with van der Waals surface area (Å²) in [6.07, 6.45) is 25.9. The summed E-state index contributed by atoms with van der Waals surface area (Å²) in [5.74, 6) is 0.374. The Morgan fingerprint density at radius 1 is 0.635 bits per heavy atom. The van der Waals surface area contributed by atoms with Crippen LogP contribution >= 0.6 is 0 Å².